The third-order valence-electron chi connectivity index (χ3n) is 9.22. The van der Waals surface area contributed by atoms with Crippen LogP contribution in [0.4, 0.5) is 0 Å². The Morgan fingerprint density at radius 1 is 0.667 bits per heavy atom. The molecule has 0 nitrogen and oxygen atoms in total. The molecule has 2 atom stereocenters. The molecule has 1 aliphatic heterocycles. The Labute approximate surface area is 191 Å². The van der Waals surface area contributed by atoms with Crippen LogP contribution in [0, 0.1) is 27.7 Å². The van der Waals surface area contributed by atoms with Gasteiger partial charge in [-0.25, -0.2) is 0 Å². The predicted octanol–water partition coefficient (Wildman–Crippen LogP) is 2.96. The van der Waals surface area contributed by atoms with Crippen LogP contribution in [0.25, 0.3) is 12.2 Å². The molecule has 0 radical (unpaired) electrons. The summed E-state index contributed by atoms with van der Waals surface area (Å²) in [5, 5.41) is 0. The Kier molecular flexibility index (Phi) is 5.39. The van der Waals surface area contributed by atoms with E-state index in [1.807, 2.05) is 0 Å². The zero-order chi connectivity index (χ0) is 21.3. The molecule has 2 unspecified atom stereocenters. The van der Waals surface area contributed by atoms with Gasteiger partial charge in [-0.1, -0.05) is 0 Å². The van der Waals surface area contributed by atoms with Crippen LogP contribution in [0.1, 0.15) is 51.9 Å². The molecule has 3 aliphatic rings. The molecule has 0 spiro atoms. The molecule has 5 rings (SSSR count). The Morgan fingerprint density at radius 2 is 1.07 bits per heavy atom. The molecular weight excluding hydrogens is 607 g/mol. The van der Waals surface area contributed by atoms with Gasteiger partial charge in [-0.3, -0.25) is 0 Å². The summed E-state index contributed by atoms with van der Waals surface area (Å²) < 4.78 is 7.77. The topological polar surface area (TPSA) is 0 Å². The average molecular weight is 643 g/mol. The Morgan fingerprint density at radius 3 is 1.50 bits per heavy atom. The van der Waals surface area contributed by atoms with Crippen molar-refractivity contribution in [3.63, 3.8) is 0 Å². The maximum atomic E-state index is 3.03. The fraction of sp³-hybridized carbons (Fsp3) is 0.333. The summed E-state index contributed by atoms with van der Waals surface area (Å²) >= 11 is -3.29. The van der Waals surface area contributed by atoms with Gasteiger partial charge < -0.3 is 0 Å². The van der Waals surface area contributed by atoms with Gasteiger partial charge in [0.25, 0.3) is 0 Å². The zero-order valence-corrected chi connectivity index (χ0v) is 29.9. The Balaban J connectivity index is 1.84. The second kappa shape index (κ2) is 7.45. The third-order valence-corrected chi connectivity index (χ3v) is 244. The van der Waals surface area contributed by atoms with Crippen molar-refractivity contribution in [2.24, 2.45) is 0 Å². The van der Waals surface area contributed by atoms with E-state index in [9.17, 15) is 0 Å². The molecule has 2 aromatic carbocycles. The fourth-order valence-corrected chi connectivity index (χ4v) is 500. The van der Waals surface area contributed by atoms with E-state index in [0.717, 1.165) is 7.35 Å². The van der Waals surface area contributed by atoms with E-state index in [4.69, 9.17) is 0 Å². The van der Waals surface area contributed by atoms with Crippen molar-refractivity contribution in [3.8, 4) is 0 Å². The molecule has 2 aliphatic carbocycles. The summed E-state index contributed by atoms with van der Waals surface area (Å²) in [6.45, 7) is 9.50. The van der Waals surface area contributed by atoms with Gasteiger partial charge >= 0.3 is 193 Å². The van der Waals surface area contributed by atoms with Gasteiger partial charge in [0.1, 0.15) is 0 Å². The summed E-state index contributed by atoms with van der Waals surface area (Å²) in [5.41, 5.74) is 13.0. The SMILES string of the molecule is Cc1ccc(C)c2c1C=C[CH]2[Hf]([CH3])([CH3])([CH]1C=Cc2c(C)ccc(C)c21)=[Si]1[SiH2][SiH2][SiH2][SiH2]1. The van der Waals surface area contributed by atoms with E-state index in [1.165, 1.54) is 11.1 Å². The molecule has 2 aromatic rings. The number of aryl methyl sites for hydroxylation is 4. The van der Waals surface area contributed by atoms with E-state index < -0.39 is 17.1 Å². The summed E-state index contributed by atoms with van der Waals surface area (Å²) in [6, 6.07) is 9.60. The minimum absolute atomic E-state index is 0.0631. The molecule has 0 N–H and O–H groups in total. The first-order valence-electron chi connectivity index (χ1n) is 11.8. The Hall–Kier alpha value is -0.125. The first-order chi connectivity index (χ1) is 14.2. The van der Waals surface area contributed by atoms with Gasteiger partial charge in [-0.05, 0) is 0 Å². The molecule has 1 fully saturated rings. The fourth-order valence-electron chi connectivity index (χ4n) is 7.26. The number of fused-ring (bicyclic) bond motifs is 2. The van der Waals surface area contributed by atoms with Crippen molar-refractivity contribution in [1.82, 2.24) is 0 Å². The molecule has 0 saturated carbocycles. The van der Waals surface area contributed by atoms with Crippen LogP contribution in [0.3, 0.4) is 0 Å². The summed E-state index contributed by atoms with van der Waals surface area (Å²) in [5.74, 6) is 0. The first kappa shape index (κ1) is 21.7. The molecule has 156 valence electrons. The second-order valence-corrected chi connectivity index (χ2v) is 111. The molecule has 30 heavy (non-hydrogen) atoms. The molecule has 0 bridgehead atoms. The van der Waals surface area contributed by atoms with E-state index in [0.29, 0.717) is 34.2 Å². The first-order valence-corrected chi connectivity index (χ1v) is 46.7. The van der Waals surface area contributed by atoms with Crippen LogP contribution >= 0.6 is 0 Å². The number of benzene rings is 2. The van der Waals surface area contributed by atoms with Gasteiger partial charge in [-0.15, -0.1) is 0 Å². The van der Waals surface area contributed by atoms with Crippen LogP contribution in [0.5, 0.6) is 0 Å². The number of hydrogen-bond acceptors (Lipinski definition) is 0. The average Bonchev–Trinajstić information content (AvgIpc) is 3.47. The summed E-state index contributed by atoms with van der Waals surface area (Å²) in [7, 11) is 1.82. The normalized spacial score (nSPS) is 25.9. The van der Waals surface area contributed by atoms with Crippen molar-refractivity contribution in [3.05, 3.63) is 80.9 Å². The summed E-state index contributed by atoms with van der Waals surface area (Å²) in [4.78, 5) is 0. The summed E-state index contributed by atoms with van der Waals surface area (Å²) in [6.07, 6.45) is 10.6. The maximum absolute atomic E-state index is 3.29. The van der Waals surface area contributed by atoms with E-state index in [1.54, 1.807) is 33.4 Å². The minimum atomic E-state index is -3.29. The van der Waals surface area contributed by atoms with Crippen molar-refractivity contribution in [1.29, 1.82) is 0 Å². The third kappa shape index (κ3) is 2.93. The van der Waals surface area contributed by atoms with Gasteiger partial charge in [0.2, 0.25) is 0 Å². The molecule has 0 amide bonds. The zero-order valence-electron chi connectivity index (χ0n) is 19.6. The number of allylic oxidation sites excluding steroid dienone is 2. The molecule has 6 heteroatoms. The van der Waals surface area contributed by atoms with Crippen LogP contribution in [0.2, 0.25) is 9.36 Å². The van der Waals surface area contributed by atoms with Gasteiger partial charge in [0.05, 0.1) is 0 Å². The van der Waals surface area contributed by atoms with Crippen LogP contribution in [0.15, 0.2) is 36.4 Å². The van der Waals surface area contributed by atoms with Crippen LogP contribution < -0.4 is 0 Å². The number of rotatable bonds is 2. The van der Waals surface area contributed by atoms with E-state index in [-0.39, 0.29) is 4.53 Å². The van der Waals surface area contributed by atoms with Gasteiger partial charge in [0.15, 0.2) is 0 Å². The molecular formula is C24H36HfSi5. The van der Waals surface area contributed by atoms with Crippen LogP contribution in [-0.4, -0.2) is 38.7 Å². The van der Waals surface area contributed by atoms with E-state index >= 15 is 0 Å². The van der Waals surface area contributed by atoms with Gasteiger partial charge in [-0.2, -0.15) is 0 Å². The van der Waals surface area contributed by atoms with Crippen molar-refractivity contribution < 1.29 is 17.1 Å². The Bertz CT molecular complexity index is 1130. The molecule has 1 saturated heterocycles. The second-order valence-electron chi connectivity index (χ2n) is 11.1. The molecule has 0 aromatic heterocycles. The standard InChI is InChI=1S/2C11H11.2CH3.Hf.H8Si5/c2*1-8-6-7-9(2)11-5-3-4-10(8)11;;;;1-2-4-5-3-1/h2*3-7H,1-2H3;2*1H3;;1-4H2. The monoisotopic (exact) mass is 644 g/mol. The van der Waals surface area contributed by atoms with Crippen molar-refractivity contribution in [2.45, 2.75) is 44.4 Å². The van der Waals surface area contributed by atoms with Crippen LogP contribution in [-0.2, 0) is 17.1 Å². The van der Waals surface area contributed by atoms with Gasteiger partial charge in [0, 0.05) is 0 Å². The van der Waals surface area contributed by atoms with Crippen molar-refractivity contribution >= 4 is 50.9 Å². The van der Waals surface area contributed by atoms with E-state index in [2.05, 4.69) is 85.6 Å². The number of hydrogen-bond donors (Lipinski definition) is 0. The quantitative estimate of drug-likeness (QED) is 0.442. The van der Waals surface area contributed by atoms with Crippen molar-refractivity contribution in [2.75, 3.05) is 0 Å². The molecule has 1 heterocycles. The predicted molar refractivity (Wildman–Crippen MR) is 147 cm³/mol.